The van der Waals surface area contributed by atoms with Gasteiger partial charge in [-0.05, 0) is 56.4 Å². The summed E-state index contributed by atoms with van der Waals surface area (Å²) >= 11 is 0. The van der Waals surface area contributed by atoms with Crippen LogP contribution in [0.4, 0.5) is 0 Å². The summed E-state index contributed by atoms with van der Waals surface area (Å²) in [6.45, 7) is 5.35. The average Bonchev–Trinajstić information content (AvgIpc) is 2.42. The lowest BCUT2D eigenvalue weighted by Crippen LogP contribution is -2.49. The van der Waals surface area contributed by atoms with Crippen LogP contribution in [0, 0.1) is 17.8 Å². The van der Waals surface area contributed by atoms with Gasteiger partial charge in [-0.3, -0.25) is 4.90 Å². The van der Waals surface area contributed by atoms with Crippen LogP contribution in [-0.4, -0.2) is 24.0 Å². The third-order valence-electron chi connectivity index (χ3n) is 6.12. The molecule has 4 atom stereocenters. The maximum atomic E-state index is 2.92. The molecule has 0 aromatic carbocycles. The first-order valence-corrected chi connectivity index (χ1v) is 8.58. The van der Waals surface area contributed by atoms with E-state index in [-0.39, 0.29) is 0 Å². The fourth-order valence-corrected chi connectivity index (χ4v) is 4.92. The fraction of sp³-hybridized carbons (Fsp3) is 1.00. The summed E-state index contributed by atoms with van der Waals surface area (Å²) in [7, 11) is 0. The maximum Gasteiger partial charge on any atom is 0.0124 e. The summed E-state index contributed by atoms with van der Waals surface area (Å²) in [5, 5.41) is 0. The van der Waals surface area contributed by atoms with Crippen molar-refractivity contribution in [2.75, 3.05) is 13.1 Å². The summed E-state index contributed by atoms with van der Waals surface area (Å²) in [5.41, 5.74) is 0. The van der Waals surface area contributed by atoms with Crippen molar-refractivity contribution in [2.24, 2.45) is 17.8 Å². The molecule has 1 aliphatic heterocycles. The predicted molar refractivity (Wildman–Crippen MR) is 77.7 cm³/mol. The lowest BCUT2D eigenvalue weighted by atomic mass is 9.76. The molecule has 4 unspecified atom stereocenters. The number of hydrogen-bond donors (Lipinski definition) is 0. The van der Waals surface area contributed by atoms with Crippen molar-refractivity contribution in [3.8, 4) is 0 Å². The Labute approximate surface area is 113 Å². The number of nitrogens with zero attached hydrogens (tertiary/aromatic N) is 1. The van der Waals surface area contributed by atoms with Gasteiger partial charge in [0.25, 0.3) is 0 Å². The van der Waals surface area contributed by atoms with E-state index in [1.54, 1.807) is 0 Å². The van der Waals surface area contributed by atoms with E-state index in [4.69, 9.17) is 0 Å². The first kappa shape index (κ1) is 13.0. The molecule has 1 saturated heterocycles. The highest BCUT2D eigenvalue weighted by atomic mass is 15.2. The second-order valence-electron chi connectivity index (χ2n) is 7.27. The zero-order chi connectivity index (χ0) is 12.4. The smallest absolute Gasteiger partial charge is 0.0124 e. The summed E-state index contributed by atoms with van der Waals surface area (Å²) in [5.74, 6) is 3.06. The van der Waals surface area contributed by atoms with Crippen molar-refractivity contribution >= 4 is 0 Å². The van der Waals surface area contributed by atoms with Gasteiger partial charge in [0.1, 0.15) is 0 Å². The molecule has 2 saturated carbocycles. The van der Waals surface area contributed by atoms with E-state index in [1.165, 1.54) is 77.3 Å². The molecule has 18 heavy (non-hydrogen) atoms. The van der Waals surface area contributed by atoms with E-state index >= 15 is 0 Å². The highest BCUT2D eigenvalue weighted by molar-refractivity contribution is 4.89. The molecule has 0 spiro atoms. The van der Waals surface area contributed by atoms with E-state index in [0.717, 1.165) is 23.8 Å². The standard InChI is InChI=1S/C17H31N/c1-14-7-2-3-9-16(14)13-18-12-6-10-15-8-4-5-11-17(15)18/h14-17H,2-13H2,1H3. The predicted octanol–water partition coefficient (Wildman–Crippen LogP) is 4.47. The summed E-state index contributed by atoms with van der Waals surface area (Å²) in [6.07, 6.45) is 15.0. The van der Waals surface area contributed by atoms with Crippen molar-refractivity contribution in [1.82, 2.24) is 4.90 Å². The van der Waals surface area contributed by atoms with Crippen molar-refractivity contribution < 1.29 is 0 Å². The molecule has 3 fully saturated rings. The highest BCUT2D eigenvalue weighted by Gasteiger charge is 2.35. The quantitative estimate of drug-likeness (QED) is 0.698. The lowest BCUT2D eigenvalue weighted by molar-refractivity contribution is 0.0339. The molecule has 0 aromatic heterocycles. The number of hydrogen-bond acceptors (Lipinski definition) is 1. The monoisotopic (exact) mass is 249 g/mol. The first-order valence-electron chi connectivity index (χ1n) is 8.58. The molecule has 3 aliphatic rings. The molecule has 0 aromatic rings. The highest BCUT2D eigenvalue weighted by Crippen LogP contribution is 2.37. The van der Waals surface area contributed by atoms with Crippen molar-refractivity contribution in [1.29, 1.82) is 0 Å². The van der Waals surface area contributed by atoms with Crippen molar-refractivity contribution in [3.63, 3.8) is 0 Å². The molecule has 1 heterocycles. The molecular formula is C17H31N. The van der Waals surface area contributed by atoms with E-state index in [2.05, 4.69) is 11.8 Å². The Kier molecular flexibility index (Phi) is 4.28. The Morgan fingerprint density at radius 2 is 1.56 bits per heavy atom. The fourth-order valence-electron chi connectivity index (χ4n) is 4.92. The van der Waals surface area contributed by atoms with Crippen LogP contribution in [0.1, 0.15) is 71.1 Å². The first-order chi connectivity index (χ1) is 8.84. The van der Waals surface area contributed by atoms with Crippen molar-refractivity contribution in [2.45, 2.75) is 77.2 Å². The van der Waals surface area contributed by atoms with Crippen LogP contribution in [0.25, 0.3) is 0 Å². The van der Waals surface area contributed by atoms with Crippen LogP contribution in [0.2, 0.25) is 0 Å². The maximum absolute atomic E-state index is 2.92. The van der Waals surface area contributed by atoms with Gasteiger partial charge < -0.3 is 0 Å². The number of piperidine rings is 1. The van der Waals surface area contributed by atoms with E-state index in [1.807, 2.05) is 0 Å². The van der Waals surface area contributed by atoms with Crippen LogP contribution in [-0.2, 0) is 0 Å². The Hall–Kier alpha value is -0.0400. The third kappa shape index (κ3) is 2.76. The summed E-state index contributed by atoms with van der Waals surface area (Å²) < 4.78 is 0. The summed E-state index contributed by atoms with van der Waals surface area (Å²) in [6, 6.07) is 0.974. The molecule has 1 heteroatoms. The van der Waals surface area contributed by atoms with Crippen LogP contribution in [0.5, 0.6) is 0 Å². The molecule has 3 rings (SSSR count). The lowest BCUT2D eigenvalue weighted by Gasteiger charge is -2.46. The molecule has 0 radical (unpaired) electrons. The minimum atomic E-state index is 0.974. The van der Waals surface area contributed by atoms with Gasteiger partial charge in [-0.2, -0.15) is 0 Å². The molecule has 1 nitrogen and oxygen atoms in total. The number of likely N-dealkylation sites (tertiary alicyclic amines) is 1. The van der Waals surface area contributed by atoms with Gasteiger partial charge in [0, 0.05) is 12.6 Å². The van der Waals surface area contributed by atoms with Gasteiger partial charge in [0.15, 0.2) is 0 Å². The molecule has 104 valence electrons. The number of fused-ring (bicyclic) bond motifs is 1. The van der Waals surface area contributed by atoms with Crippen LogP contribution < -0.4 is 0 Å². The molecule has 0 bridgehead atoms. The van der Waals surface area contributed by atoms with Gasteiger partial charge in [-0.15, -0.1) is 0 Å². The number of rotatable bonds is 2. The summed E-state index contributed by atoms with van der Waals surface area (Å²) in [4.78, 5) is 2.92. The van der Waals surface area contributed by atoms with Gasteiger partial charge in [-0.1, -0.05) is 39.0 Å². The topological polar surface area (TPSA) is 3.24 Å². The largest absolute Gasteiger partial charge is 0.300 e. The molecule has 2 aliphatic carbocycles. The normalized spacial score (nSPS) is 42.5. The zero-order valence-corrected chi connectivity index (χ0v) is 12.2. The van der Waals surface area contributed by atoms with E-state index in [9.17, 15) is 0 Å². The Balaban J connectivity index is 1.60. The minimum Gasteiger partial charge on any atom is -0.300 e. The van der Waals surface area contributed by atoms with Gasteiger partial charge in [0.05, 0.1) is 0 Å². The average molecular weight is 249 g/mol. The van der Waals surface area contributed by atoms with Gasteiger partial charge >= 0.3 is 0 Å². The molecule has 0 N–H and O–H groups in total. The van der Waals surface area contributed by atoms with Gasteiger partial charge in [0.2, 0.25) is 0 Å². The van der Waals surface area contributed by atoms with Crippen LogP contribution >= 0.6 is 0 Å². The Bertz CT molecular complexity index is 260. The second-order valence-corrected chi connectivity index (χ2v) is 7.27. The third-order valence-corrected chi connectivity index (χ3v) is 6.12. The van der Waals surface area contributed by atoms with Gasteiger partial charge in [-0.25, -0.2) is 0 Å². The van der Waals surface area contributed by atoms with Crippen molar-refractivity contribution in [3.05, 3.63) is 0 Å². The van der Waals surface area contributed by atoms with E-state index in [0.29, 0.717) is 0 Å². The van der Waals surface area contributed by atoms with E-state index < -0.39 is 0 Å². The minimum absolute atomic E-state index is 0.974. The second kappa shape index (κ2) is 5.94. The van der Waals surface area contributed by atoms with Crippen LogP contribution in [0.15, 0.2) is 0 Å². The Morgan fingerprint density at radius 3 is 2.44 bits per heavy atom. The molecule has 0 amide bonds. The van der Waals surface area contributed by atoms with Crippen LogP contribution in [0.3, 0.4) is 0 Å². The Morgan fingerprint density at radius 1 is 0.833 bits per heavy atom. The SMILES string of the molecule is CC1CCCCC1CN1CCCC2CCCCC21. The molecular weight excluding hydrogens is 218 g/mol. The zero-order valence-electron chi connectivity index (χ0n) is 12.2.